The van der Waals surface area contributed by atoms with Crippen LogP contribution in [0.5, 0.6) is 0 Å². The number of fused-ring (bicyclic) bond motifs is 1. The number of rotatable bonds is 2. The molecule has 0 atom stereocenters. The second kappa shape index (κ2) is 5.53. The molecule has 0 radical (unpaired) electrons. The smallest absolute Gasteiger partial charge is 0.207 e. The molecular formula is C14H13BrN4O2S. The second-order valence-electron chi connectivity index (χ2n) is 5.07. The van der Waals surface area contributed by atoms with E-state index in [2.05, 4.69) is 35.2 Å². The van der Waals surface area contributed by atoms with Crippen molar-refractivity contribution in [3.8, 4) is 10.4 Å². The highest BCUT2D eigenvalue weighted by molar-refractivity contribution is 9.10. The molecule has 0 saturated carbocycles. The van der Waals surface area contributed by atoms with Crippen molar-refractivity contribution < 1.29 is 4.74 Å². The Morgan fingerprint density at radius 1 is 1.32 bits per heavy atom. The van der Waals surface area contributed by atoms with Gasteiger partial charge in [-0.25, -0.2) is 0 Å². The highest BCUT2D eigenvalue weighted by atomic mass is 79.9. The lowest BCUT2D eigenvalue weighted by molar-refractivity contribution is 0.122. The molecule has 1 aliphatic heterocycles. The maximum atomic E-state index is 12.4. The molecule has 1 fully saturated rings. The Morgan fingerprint density at radius 2 is 2.14 bits per heavy atom. The Kier molecular flexibility index (Phi) is 3.51. The van der Waals surface area contributed by atoms with Crippen LogP contribution < -0.4 is 10.3 Å². The van der Waals surface area contributed by atoms with Crippen LogP contribution in [0.15, 0.2) is 27.7 Å². The number of morpholine rings is 1. The van der Waals surface area contributed by atoms with Crippen LogP contribution in [0.25, 0.3) is 21.5 Å². The lowest BCUT2D eigenvalue weighted by atomic mass is 10.2. The third kappa shape index (κ3) is 2.27. The largest absolute Gasteiger partial charge is 0.378 e. The molecule has 22 heavy (non-hydrogen) atoms. The average molecular weight is 381 g/mol. The predicted octanol–water partition coefficient (Wildman–Crippen LogP) is 2.58. The summed E-state index contributed by atoms with van der Waals surface area (Å²) in [6.45, 7) is 2.93. The zero-order chi connectivity index (χ0) is 15.1. The molecule has 0 aromatic carbocycles. The van der Waals surface area contributed by atoms with E-state index in [0.29, 0.717) is 18.7 Å². The first kappa shape index (κ1) is 14.0. The van der Waals surface area contributed by atoms with Crippen LogP contribution in [0.2, 0.25) is 0 Å². The molecule has 8 heteroatoms. The van der Waals surface area contributed by atoms with Gasteiger partial charge >= 0.3 is 0 Å². The Balaban J connectivity index is 1.88. The molecule has 1 aliphatic rings. The van der Waals surface area contributed by atoms with Crippen LogP contribution in [0.4, 0.5) is 5.82 Å². The number of ether oxygens (including phenoxy) is 1. The molecule has 1 saturated heterocycles. The Labute approximate surface area is 138 Å². The van der Waals surface area contributed by atoms with Gasteiger partial charge in [-0.2, -0.15) is 4.37 Å². The molecule has 4 heterocycles. The van der Waals surface area contributed by atoms with Crippen LogP contribution in [0, 0.1) is 0 Å². The van der Waals surface area contributed by atoms with E-state index in [1.165, 1.54) is 11.5 Å². The lowest BCUT2D eigenvalue weighted by Crippen LogP contribution is -2.37. The monoisotopic (exact) mass is 380 g/mol. The maximum absolute atomic E-state index is 12.4. The van der Waals surface area contributed by atoms with Gasteiger partial charge in [-0.3, -0.25) is 4.79 Å². The van der Waals surface area contributed by atoms with Crippen LogP contribution in [0.3, 0.4) is 0 Å². The van der Waals surface area contributed by atoms with Gasteiger partial charge in [0.1, 0.15) is 11.3 Å². The topological polar surface area (TPSA) is 74.0 Å². The maximum Gasteiger partial charge on any atom is 0.207 e. The van der Waals surface area contributed by atoms with Crippen molar-refractivity contribution in [3.05, 3.63) is 33.2 Å². The summed E-state index contributed by atoms with van der Waals surface area (Å²) in [5.74, 6) is 0.835. The fraction of sp³-hybridized carbons (Fsp3) is 0.286. The summed E-state index contributed by atoms with van der Waals surface area (Å²) >= 11 is 4.90. The second-order valence-corrected chi connectivity index (χ2v) is 6.73. The summed E-state index contributed by atoms with van der Waals surface area (Å²) in [5, 5.41) is 0. The first-order chi connectivity index (χ1) is 10.7. The van der Waals surface area contributed by atoms with Crippen molar-refractivity contribution in [3.63, 3.8) is 0 Å². The van der Waals surface area contributed by atoms with Crippen LogP contribution in [-0.2, 0) is 4.74 Å². The van der Waals surface area contributed by atoms with Crippen molar-refractivity contribution in [1.29, 1.82) is 0 Å². The minimum Gasteiger partial charge on any atom is -0.378 e. The highest BCUT2D eigenvalue weighted by Crippen LogP contribution is 2.35. The van der Waals surface area contributed by atoms with Gasteiger partial charge in [-0.1, -0.05) is 0 Å². The first-order valence-corrected chi connectivity index (χ1v) is 8.48. The molecule has 3 aromatic heterocycles. The molecule has 6 nitrogen and oxygen atoms in total. The van der Waals surface area contributed by atoms with Gasteiger partial charge < -0.3 is 19.6 Å². The minimum atomic E-state index is -0.0119. The van der Waals surface area contributed by atoms with Gasteiger partial charge in [0.2, 0.25) is 5.43 Å². The van der Waals surface area contributed by atoms with E-state index in [4.69, 9.17) is 4.74 Å². The molecule has 3 aromatic rings. The molecule has 0 bridgehead atoms. The summed E-state index contributed by atoms with van der Waals surface area (Å²) in [6, 6.07) is 1.65. The van der Waals surface area contributed by atoms with E-state index in [9.17, 15) is 4.79 Å². The van der Waals surface area contributed by atoms with Crippen molar-refractivity contribution in [1.82, 2.24) is 14.3 Å². The van der Waals surface area contributed by atoms with Crippen molar-refractivity contribution in [2.75, 3.05) is 31.2 Å². The molecule has 0 unspecified atom stereocenters. The van der Waals surface area contributed by atoms with Crippen LogP contribution >= 0.6 is 27.5 Å². The Bertz CT molecular complexity index is 878. The van der Waals surface area contributed by atoms with Crippen LogP contribution in [-0.4, -0.2) is 40.6 Å². The number of H-pyrrole nitrogens is 2. The lowest BCUT2D eigenvalue weighted by Gasteiger charge is -2.28. The number of nitrogens with zero attached hydrogens (tertiary/aromatic N) is 2. The fourth-order valence-electron chi connectivity index (χ4n) is 2.67. The summed E-state index contributed by atoms with van der Waals surface area (Å²) < 4.78 is 10.5. The van der Waals surface area contributed by atoms with Crippen molar-refractivity contribution >= 4 is 44.3 Å². The average Bonchev–Trinajstić information content (AvgIpc) is 3.14. The van der Waals surface area contributed by atoms with E-state index in [0.717, 1.165) is 39.3 Å². The number of aromatic amines is 2. The quantitative estimate of drug-likeness (QED) is 0.716. The zero-order valence-corrected chi connectivity index (χ0v) is 14.0. The van der Waals surface area contributed by atoms with E-state index in [-0.39, 0.29) is 5.43 Å². The number of anilines is 1. The molecule has 0 aliphatic carbocycles. The Morgan fingerprint density at radius 3 is 2.86 bits per heavy atom. The number of hydrogen-bond donors (Lipinski definition) is 2. The number of nitrogens with one attached hydrogen (secondary N) is 2. The van der Waals surface area contributed by atoms with E-state index in [1.807, 2.05) is 6.20 Å². The first-order valence-electron chi connectivity index (χ1n) is 6.91. The van der Waals surface area contributed by atoms with E-state index in [1.54, 1.807) is 12.3 Å². The summed E-state index contributed by atoms with van der Waals surface area (Å²) in [7, 11) is 0. The number of hydrogen-bond acceptors (Lipinski definition) is 5. The van der Waals surface area contributed by atoms with Crippen molar-refractivity contribution in [2.45, 2.75) is 0 Å². The predicted molar refractivity (Wildman–Crippen MR) is 90.8 cm³/mol. The van der Waals surface area contributed by atoms with Gasteiger partial charge in [0.25, 0.3) is 0 Å². The van der Waals surface area contributed by atoms with Gasteiger partial charge in [-0.15, -0.1) is 0 Å². The molecular weight excluding hydrogens is 368 g/mol. The molecule has 0 amide bonds. The number of halogens is 1. The number of aromatic nitrogens is 3. The van der Waals surface area contributed by atoms with Gasteiger partial charge in [0.15, 0.2) is 0 Å². The summed E-state index contributed by atoms with van der Waals surface area (Å²) in [5.41, 5.74) is 2.35. The summed E-state index contributed by atoms with van der Waals surface area (Å²) in [4.78, 5) is 22.0. The van der Waals surface area contributed by atoms with Gasteiger partial charge in [0, 0.05) is 30.9 Å². The van der Waals surface area contributed by atoms with Crippen LogP contribution in [0.1, 0.15) is 0 Å². The normalized spacial score (nSPS) is 15.6. The van der Waals surface area contributed by atoms with E-state index < -0.39 is 0 Å². The Hall–Kier alpha value is -1.64. The number of pyridine rings is 1. The highest BCUT2D eigenvalue weighted by Gasteiger charge is 2.17. The summed E-state index contributed by atoms with van der Waals surface area (Å²) in [6.07, 6.45) is 3.62. The van der Waals surface area contributed by atoms with Gasteiger partial charge in [0.05, 0.1) is 34.3 Å². The minimum absolute atomic E-state index is 0.0119. The zero-order valence-electron chi connectivity index (χ0n) is 11.6. The fourth-order valence-corrected chi connectivity index (χ4v) is 4.00. The molecule has 114 valence electrons. The molecule has 0 spiro atoms. The molecule has 4 rings (SSSR count). The van der Waals surface area contributed by atoms with Gasteiger partial charge in [-0.05, 0) is 27.5 Å². The standard InChI is InChI=1S/C14H13BrN4O2S/c15-9-7-17-22-14(9)8-6-16-13-10(20)5-11(18-12(8)13)19-1-3-21-4-2-19/h5-7,16H,1-4H2,(H,18,20). The van der Waals surface area contributed by atoms with Crippen molar-refractivity contribution in [2.24, 2.45) is 0 Å². The van der Waals surface area contributed by atoms with E-state index >= 15 is 0 Å². The SMILES string of the molecule is O=c1cc(N2CCOCC2)[nH]c2c(-c3sncc3Br)c[nH]c12. The third-order valence-electron chi connectivity index (χ3n) is 3.77. The molecule has 2 N–H and O–H groups in total. The third-order valence-corrected chi connectivity index (χ3v) is 5.47.